The standard InChI is InChI=1S/C17H15FN2O5/c1-10(21)24-9-14-13(11-2-4-12(18)5-3-11)8-16(25-14)20-7-6-15(22)19-17(20)23/h2-8,14,16H,9H2,1H3,(H,19,22,23)/t14-,16-/m1/s1. The van der Waals surface area contributed by atoms with E-state index in [0.29, 0.717) is 11.1 Å². The van der Waals surface area contributed by atoms with E-state index in [2.05, 4.69) is 4.98 Å². The van der Waals surface area contributed by atoms with Crippen molar-refractivity contribution in [1.82, 2.24) is 9.55 Å². The fourth-order valence-electron chi connectivity index (χ4n) is 2.56. The zero-order valence-electron chi connectivity index (χ0n) is 13.3. The lowest BCUT2D eigenvalue weighted by atomic mass is 10.0. The molecule has 0 saturated heterocycles. The third-order valence-corrected chi connectivity index (χ3v) is 3.71. The molecule has 0 bridgehead atoms. The van der Waals surface area contributed by atoms with Crippen molar-refractivity contribution in [3.05, 3.63) is 74.8 Å². The Morgan fingerprint density at radius 2 is 2.00 bits per heavy atom. The van der Waals surface area contributed by atoms with Crippen molar-refractivity contribution in [3.63, 3.8) is 0 Å². The second-order valence-electron chi connectivity index (χ2n) is 5.46. The van der Waals surface area contributed by atoms with Crippen LogP contribution in [0.4, 0.5) is 4.39 Å². The fourth-order valence-corrected chi connectivity index (χ4v) is 2.56. The number of carbonyl (C=O) groups excluding carboxylic acids is 1. The number of esters is 1. The van der Waals surface area contributed by atoms with Crippen molar-refractivity contribution >= 4 is 11.5 Å². The van der Waals surface area contributed by atoms with Gasteiger partial charge in [0.1, 0.15) is 18.5 Å². The molecule has 0 aliphatic carbocycles. The number of carbonyl (C=O) groups is 1. The molecule has 2 aromatic rings. The monoisotopic (exact) mass is 346 g/mol. The molecular formula is C17H15FN2O5. The summed E-state index contributed by atoms with van der Waals surface area (Å²) in [5.41, 5.74) is 0.196. The summed E-state index contributed by atoms with van der Waals surface area (Å²) in [4.78, 5) is 36.4. The van der Waals surface area contributed by atoms with E-state index in [4.69, 9.17) is 9.47 Å². The molecule has 3 rings (SSSR count). The van der Waals surface area contributed by atoms with Gasteiger partial charge in [-0.15, -0.1) is 0 Å². The lowest BCUT2D eigenvalue weighted by Crippen LogP contribution is -2.32. The van der Waals surface area contributed by atoms with Crippen LogP contribution in [0, 0.1) is 5.82 Å². The SMILES string of the molecule is CC(=O)OC[C@H]1O[C@@H](n2ccc(=O)[nH]c2=O)C=C1c1ccc(F)cc1. The molecule has 0 amide bonds. The van der Waals surface area contributed by atoms with E-state index >= 15 is 0 Å². The number of aromatic nitrogens is 2. The Kier molecular flexibility index (Phi) is 4.62. The van der Waals surface area contributed by atoms with Crippen LogP contribution in [0.5, 0.6) is 0 Å². The average molecular weight is 346 g/mol. The van der Waals surface area contributed by atoms with Gasteiger partial charge in [-0.1, -0.05) is 12.1 Å². The number of nitrogens with zero attached hydrogens (tertiary/aromatic N) is 1. The summed E-state index contributed by atoms with van der Waals surface area (Å²) in [6.07, 6.45) is 1.57. The molecular weight excluding hydrogens is 331 g/mol. The molecule has 0 saturated carbocycles. The van der Waals surface area contributed by atoms with Gasteiger partial charge in [0.15, 0.2) is 6.23 Å². The van der Waals surface area contributed by atoms with Gasteiger partial charge >= 0.3 is 11.7 Å². The number of hydrogen-bond acceptors (Lipinski definition) is 5. The molecule has 0 unspecified atom stereocenters. The van der Waals surface area contributed by atoms with E-state index in [1.807, 2.05) is 0 Å². The number of ether oxygens (including phenoxy) is 2. The van der Waals surface area contributed by atoms with E-state index in [0.717, 1.165) is 0 Å². The lowest BCUT2D eigenvalue weighted by Gasteiger charge is -2.17. The second kappa shape index (κ2) is 6.86. The first kappa shape index (κ1) is 16.8. The van der Waals surface area contributed by atoms with Crippen LogP contribution in [0.15, 0.2) is 52.2 Å². The quantitative estimate of drug-likeness (QED) is 0.841. The molecule has 7 nitrogen and oxygen atoms in total. The molecule has 1 N–H and O–H groups in total. The van der Waals surface area contributed by atoms with Gasteiger partial charge in [-0.2, -0.15) is 0 Å². The third-order valence-electron chi connectivity index (χ3n) is 3.71. The molecule has 2 atom stereocenters. The van der Waals surface area contributed by atoms with Crippen LogP contribution in [0.3, 0.4) is 0 Å². The van der Waals surface area contributed by atoms with Crippen LogP contribution in [0.25, 0.3) is 5.57 Å². The first-order valence-electron chi connectivity index (χ1n) is 7.52. The molecule has 130 valence electrons. The molecule has 1 aliphatic heterocycles. The highest BCUT2D eigenvalue weighted by molar-refractivity contribution is 5.71. The second-order valence-corrected chi connectivity index (χ2v) is 5.46. The van der Waals surface area contributed by atoms with Crippen LogP contribution < -0.4 is 11.2 Å². The van der Waals surface area contributed by atoms with Gasteiger partial charge in [0.25, 0.3) is 5.56 Å². The summed E-state index contributed by atoms with van der Waals surface area (Å²) >= 11 is 0. The maximum Gasteiger partial charge on any atom is 0.330 e. The van der Waals surface area contributed by atoms with Gasteiger partial charge < -0.3 is 9.47 Å². The summed E-state index contributed by atoms with van der Waals surface area (Å²) in [6, 6.07) is 6.96. The molecule has 2 heterocycles. The molecule has 0 spiro atoms. The van der Waals surface area contributed by atoms with Gasteiger partial charge in [0, 0.05) is 19.2 Å². The van der Waals surface area contributed by atoms with Crippen molar-refractivity contribution in [3.8, 4) is 0 Å². The average Bonchev–Trinajstić information content (AvgIpc) is 2.97. The number of hydrogen-bond donors (Lipinski definition) is 1. The van der Waals surface area contributed by atoms with Crippen LogP contribution in [0.2, 0.25) is 0 Å². The van der Waals surface area contributed by atoms with Crippen LogP contribution in [-0.4, -0.2) is 28.2 Å². The maximum atomic E-state index is 13.2. The van der Waals surface area contributed by atoms with Gasteiger partial charge in [-0.3, -0.25) is 19.1 Å². The largest absolute Gasteiger partial charge is 0.463 e. The molecule has 1 aromatic carbocycles. The minimum Gasteiger partial charge on any atom is -0.463 e. The predicted octanol–water partition coefficient (Wildman–Crippen LogP) is 1.22. The van der Waals surface area contributed by atoms with Crippen molar-refractivity contribution in [1.29, 1.82) is 0 Å². The summed E-state index contributed by atoms with van der Waals surface area (Å²) < 4.78 is 25.2. The zero-order chi connectivity index (χ0) is 18.0. The Bertz CT molecular complexity index is 929. The minimum absolute atomic E-state index is 0.0485. The number of benzene rings is 1. The Hall–Kier alpha value is -3.00. The molecule has 8 heteroatoms. The summed E-state index contributed by atoms with van der Waals surface area (Å²) in [7, 11) is 0. The highest BCUT2D eigenvalue weighted by atomic mass is 19.1. The molecule has 0 radical (unpaired) electrons. The van der Waals surface area contributed by atoms with Crippen LogP contribution in [0.1, 0.15) is 18.7 Å². The normalized spacial score (nSPS) is 19.5. The van der Waals surface area contributed by atoms with Gasteiger partial charge in [-0.05, 0) is 29.3 Å². The lowest BCUT2D eigenvalue weighted by molar-refractivity contribution is -0.144. The third kappa shape index (κ3) is 3.74. The van der Waals surface area contributed by atoms with Crippen molar-refractivity contribution in [2.24, 2.45) is 0 Å². The van der Waals surface area contributed by atoms with E-state index < -0.39 is 29.6 Å². The van der Waals surface area contributed by atoms with E-state index in [9.17, 15) is 18.8 Å². The Morgan fingerprint density at radius 3 is 2.64 bits per heavy atom. The Labute approximate surface area is 141 Å². The first-order valence-corrected chi connectivity index (χ1v) is 7.52. The summed E-state index contributed by atoms with van der Waals surface area (Å²) in [5, 5.41) is 0. The zero-order valence-corrected chi connectivity index (χ0v) is 13.3. The van der Waals surface area contributed by atoms with Crippen molar-refractivity contribution < 1.29 is 18.7 Å². The summed E-state index contributed by atoms with van der Waals surface area (Å²) in [6.45, 7) is 1.23. The maximum absolute atomic E-state index is 13.2. The van der Waals surface area contributed by atoms with E-state index in [1.54, 1.807) is 18.2 Å². The number of halogens is 1. The highest BCUT2D eigenvalue weighted by Gasteiger charge is 2.30. The topological polar surface area (TPSA) is 90.4 Å². The van der Waals surface area contributed by atoms with Gasteiger partial charge in [0.2, 0.25) is 0 Å². The van der Waals surface area contributed by atoms with Crippen LogP contribution >= 0.6 is 0 Å². The number of rotatable bonds is 4. The number of aromatic amines is 1. The first-order chi connectivity index (χ1) is 11.9. The molecule has 1 aromatic heterocycles. The minimum atomic E-state index is -0.787. The van der Waals surface area contributed by atoms with Gasteiger partial charge in [0.05, 0.1) is 0 Å². The van der Waals surface area contributed by atoms with Crippen molar-refractivity contribution in [2.75, 3.05) is 6.61 Å². The molecule has 25 heavy (non-hydrogen) atoms. The highest BCUT2D eigenvalue weighted by Crippen LogP contribution is 2.33. The van der Waals surface area contributed by atoms with Crippen LogP contribution in [-0.2, 0) is 14.3 Å². The van der Waals surface area contributed by atoms with Crippen molar-refractivity contribution in [2.45, 2.75) is 19.3 Å². The molecule has 1 aliphatic rings. The fraction of sp³-hybridized carbons (Fsp3) is 0.235. The molecule has 0 fully saturated rings. The van der Waals surface area contributed by atoms with Gasteiger partial charge in [-0.25, -0.2) is 9.18 Å². The smallest absolute Gasteiger partial charge is 0.330 e. The summed E-state index contributed by atoms with van der Waals surface area (Å²) in [5.74, 6) is -0.847. The number of nitrogens with one attached hydrogen (secondary N) is 1. The Balaban J connectivity index is 1.96. The van der Waals surface area contributed by atoms with E-state index in [-0.39, 0.29) is 12.4 Å². The predicted molar refractivity (Wildman–Crippen MR) is 86.2 cm³/mol. The Morgan fingerprint density at radius 1 is 1.28 bits per heavy atom. The number of H-pyrrole nitrogens is 1. The van der Waals surface area contributed by atoms with E-state index in [1.165, 1.54) is 35.9 Å².